The number of aryl methyl sites for hydroxylation is 1. The topological polar surface area (TPSA) is 42.0 Å². The van der Waals surface area contributed by atoms with Crippen LogP contribution in [-0.2, 0) is 0 Å². The molecule has 0 radical (unpaired) electrons. The third-order valence-electron chi connectivity index (χ3n) is 3.18. The first kappa shape index (κ1) is 15.2. The van der Waals surface area contributed by atoms with Crippen LogP contribution in [-0.4, -0.2) is 10.9 Å². The van der Waals surface area contributed by atoms with Gasteiger partial charge in [0.1, 0.15) is 0 Å². The molecule has 0 aliphatic heterocycles. The van der Waals surface area contributed by atoms with Crippen molar-refractivity contribution in [2.75, 3.05) is 5.32 Å². The second-order valence-electron chi connectivity index (χ2n) is 4.76. The quantitative estimate of drug-likeness (QED) is 0.608. The van der Waals surface area contributed by atoms with Crippen molar-refractivity contribution in [3.63, 3.8) is 0 Å². The number of anilines is 1. The second-order valence-corrected chi connectivity index (χ2v) is 6.99. The highest BCUT2D eigenvalue weighted by atomic mass is 127. The summed E-state index contributed by atoms with van der Waals surface area (Å²) in [7, 11) is 0. The Morgan fingerprint density at radius 3 is 2.50 bits per heavy atom. The summed E-state index contributed by atoms with van der Waals surface area (Å²) in [6.07, 6.45) is 0. The minimum atomic E-state index is -0.106. The number of nitrogens with one attached hydrogen (secondary N) is 1. The molecule has 0 aliphatic carbocycles. The summed E-state index contributed by atoms with van der Waals surface area (Å²) in [6.45, 7) is 1.98. The molecular formula is C17H13IN2OS. The standard InChI is InChI=1S/C17H13IN2OS/c1-11-19-16(10-22-11)12-6-8-13(9-7-12)17(21)20-15-5-3-2-4-14(15)18/h2-10H,1H3,(H,20,21). The normalized spacial score (nSPS) is 10.5. The summed E-state index contributed by atoms with van der Waals surface area (Å²) in [5.41, 5.74) is 3.44. The number of thiazole rings is 1. The van der Waals surface area contributed by atoms with Crippen LogP contribution in [0.2, 0.25) is 0 Å². The lowest BCUT2D eigenvalue weighted by atomic mass is 10.1. The number of hydrogen-bond donors (Lipinski definition) is 1. The molecule has 2 aromatic carbocycles. The van der Waals surface area contributed by atoms with Crippen LogP contribution in [0.15, 0.2) is 53.9 Å². The van der Waals surface area contributed by atoms with Crippen molar-refractivity contribution in [2.45, 2.75) is 6.92 Å². The summed E-state index contributed by atoms with van der Waals surface area (Å²) in [5.74, 6) is -0.106. The molecule has 1 N–H and O–H groups in total. The number of nitrogens with zero attached hydrogens (tertiary/aromatic N) is 1. The van der Waals surface area contributed by atoms with Gasteiger partial charge in [-0.05, 0) is 53.8 Å². The van der Waals surface area contributed by atoms with Crippen molar-refractivity contribution in [3.05, 3.63) is 68.1 Å². The molecule has 0 spiro atoms. The van der Waals surface area contributed by atoms with Gasteiger partial charge in [-0.25, -0.2) is 4.98 Å². The zero-order valence-electron chi connectivity index (χ0n) is 11.8. The molecule has 5 heteroatoms. The number of aromatic nitrogens is 1. The maximum atomic E-state index is 12.3. The van der Waals surface area contributed by atoms with Crippen molar-refractivity contribution in [2.24, 2.45) is 0 Å². The molecule has 0 bridgehead atoms. The number of halogens is 1. The first-order valence-corrected chi connectivity index (χ1v) is 8.68. The monoisotopic (exact) mass is 420 g/mol. The summed E-state index contributed by atoms with van der Waals surface area (Å²) >= 11 is 3.83. The number of hydrogen-bond acceptors (Lipinski definition) is 3. The lowest BCUT2D eigenvalue weighted by molar-refractivity contribution is 0.102. The third kappa shape index (κ3) is 3.36. The molecule has 1 heterocycles. The molecule has 0 saturated heterocycles. The SMILES string of the molecule is Cc1nc(-c2ccc(C(=O)Nc3ccccc3I)cc2)cs1. The third-order valence-corrected chi connectivity index (χ3v) is 4.90. The summed E-state index contributed by atoms with van der Waals surface area (Å²) < 4.78 is 1.02. The Morgan fingerprint density at radius 2 is 1.86 bits per heavy atom. The minimum Gasteiger partial charge on any atom is -0.321 e. The summed E-state index contributed by atoms with van der Waals surface area (Å²) in [6, 6.07) is 15.2. The Labute approximate surface area is 146 Å². The van der Waals surface area contributed by atoms with Gasteiger partial charge < -0.3 is 5.32 Å². The molecule has 0 fully saturated rings. The Bertz CT molecular complexity index is 812. The molecule has 1 aromatic heterocycles. The van der Waals surface area contributed by atoms with E-state index >= 15 is 0 Å². The van der Waals surface area contributed by atoms with Crippen LogP contribution in [0.3, 0.4) is 0 Å². The number of carbonyl (C=O) groups excluding carboxylic acids is 1. The molecule has 3 rings (SSSR count). The Balaban J connectivity index is 1.78. The van der Waals surface area contributed by atoms with Gasteiger partial charge in [0.2, 0.25) is 0 Å². The van der Waals surface area contributed by atoms with Crippen molar-refractivity contribution in [1.29, 1.82) is 0 Å². The maximum Gasteiger partial charge on any atom is 0.255 e. The van der Waals surface area contributed by atoms with Crippen molar-refractivity contribution >= 4 is 45.5 Å². The summed E-state index contributed by atoms with van der Waals surface area (Å²) in [5, 5.41) is 5.99. The fraction of sp³-hybridized carbons (Fsp3) is 0.0588. The Morgan fingerprint density at radius 1 is 1.14 bits per heavy atom. The molecule has 1 amide bonds. The van der Waals surface area contributed by atoms with Gasteiger partial charge in [-0.1, -0.05) is 24.3 Å². The van der Waals surface area contributed by atoms with E-state index in [1.54, 1.807) is 11.3 Å². The maximum absolute atomic E-state index is 12.3. The highest BCUT2D eigenvalue weighted by Crippen LogP contribution is 2.22. The van der Waals surface area contributed by atoms with Gasteiger partial charge in [-0.15, -0.1) is 11.3 Å². The van der Waals surface area contributed by atoms with E-state index in [1.807, 2.05) is 60.8 Å². The number of benzene rings is 2. The first-order chi connectivity index (χ1) is 10.6. The van der Waals surface area contributed by atoms with Gasteiger partial charge in [-0.2, -0.15) is 0 Å². The van der Waals surface area contributed by atoms with Crippen LogP contribution in [0, 0.1) is 10.5 Å². The minimum absolute atomic E-state index is 0.106. The highest BCUT2D eigenvalue weighted by Gasteiger charge is 2.09. The van der Waals surface area contributed by atoms with Gasteiger partial charge in [0.05, 0.1) is 16.4 Å². The zero-order chi connectivity index (χ0) is 15.5. The predicted molar refractivity (Wildman–Crippen MR) is 99.4 cm³/mol. The number of rotatable bonds is 3. The van der Waals surface area contributed by atoms with E-state index in [1.165, 1.54) is 0 Å². The van der Waals surface area contributed by atoms with Gasteiger partial charge in [0, 0.05) is 20.1 Å². The Hall–Kier alpha value is -1.73. The second kappa shape index (κ2) is 6.58. The fourth-order valence-electron chi connectivity index (χ4n) is 2.05. The smallest absolute Gasteiger partial charge is 0.255 e. The van der Waals surface area contributed by atoms with Crippen LogP contribution in [0.25, 0.3) is 11.3 Å². The Kier molecular flexibility index (Phi) is 4.54. The van der Waals surface area contributed by atoms with E-state index in [4.69, 9.17) is 0 Å². The number of para-hydroxylation sites is 1. The van der Waals surface area contributed by atoms with Crippen molar-refractivity contribution < 1.29 is 4.79 Å². The van der Waals surface area contributed by atoms with Crippen LogP contribution >= 0.6 is 33.9 Å². The van der Waals surface area contributed by atoms with E-state index in [0.717, 1.165) is 25.5 Å². The average molecular weight is 420 g/mol. The lowest BCUT2D eigenvalue weighted by Gasteiger charge is -2.07. The molecule has 0 saturated carbocycles. The molecule has 22 heavy (non-hydrogen) atoms. The highest BCUT2D eigenvalue weighted by molar-refractivity contribution is 14.1. The van der Waals surface area contributed by atoms with Gasteiger partial charge in [0.25, 0.3) is 5.91 Å². The van der Waals surface area contributed by atoms with E-state index in [-0.39, 0.29) is 5.91 Å². The molecule has 3 nitrogen and oxygen atoms in total. The largest absolute Gasteiger partial charge is 0.321 e. The molecular weight excluding hydrogens is 407 g/mol. The molecule has 3 aromatic rings. The molecule has 0 unspecified atom stereocenters. The van der Waals surface area contributed by atoms with Crippen LogP contribution in [0.5, 0.6) is 0 Å². The predicted octanol–water partition coefficient (Wildman–Crippen LogP) is 4.98. The van der Waals surface area contributed by atoms with Crippen LogP contribution < -0.4 is 5.32 Å². The van der Waals surface area contributed by atoms with E-state index in [2.05, 4.69) is 32.9 Å². The number of carbonyl (C=O) groups is 1. The van der Waals surface area contributed by atoms with Crippen molar-refractivity contribution in [3.8, 4) is 11.3 Å². The first-order valence-electron chi connectivity index (χ1n) is 6.72. The number of amides is 1. The van der Waals surface area contributed by atoms with Crippen LogP contribution in [0.4, 0.5) is 5.69 Å². The lowest BCUT2D eigenvalue weighted by Crippen LogP contribution is -2.12. The van der Waals surface area contributed by atoms with Crippen LogP contribution in [0.1, 0.15) is 15.4 Å². The molecule has 0 aliphatic rings. The molecule has 110 valence electrons. The fourth-order valence-corrected chi connectivity index (χ4v) is 3.19. The van der Waals surface area contributed by atoms with Crippen molar-refractivity contribution in [1.82, 2.24) is 4.98 Å². The zero-order valence-corrected chi connectivity index (χ0v) is 14.8. The van der Waals surface area contributed by atoms with Gasteiger partial charge >= 0.3 is 0 Å². The van der Waals surface area contributed by atoms with E-state index in [0.29, 0.717) is 5.56 Å². The molecule has 0 atom stereocenters. The van der Waals surface area contributed by atoms with E-state index < -0.39 is 0 Å². The van der Waals surface area contributed by atoms with E-state index in [9.17, 15) is 4.79 Å². The summed E-state index contributed by atoms with van der Waals surface area (Å²) in [4.78, 5) is 16.7. The van der Waals surface area contributed by atoms with Gasteiger partial charge in [0.15, 0.2) is 0 Å². The van der Waals surface area contributed by atoms with Gasteiger partial charge in [-0.3, -0.25) is 4.79 Å². The average Bonchev–Trinajstić information content (AvgIpc) is 2.96.